The van der Waals surface area contributed by atoms with Crippen molar-refractivity contribution in [2.75, 3.05) is 13.7 Å². The van der Waals surface area contributed by atoms with E-state index in [9.17, 15) is 9.18 Å². The molecular weight excluding hydrogens is 353 g/mol. The molecule has 0 aromatic heterocycles. The Hall–Kier alpha value is -2.62. The highest BCUT2D eigenvalue weighted by molar-refractivity contribution is 5.99. The lowest BCUT2D eigenvalue weighted by atomic mass is 9.84. The van der Waals surface area contributed by atoms with Crippen molar-refractivity contribution in [1.82, 2.24) is 4.90 Å². The molecule has 28 heavy (non-hydrogen) atoms. The molecule has 0 atom stereocenters. The third kappa shape index (κ3) is 4.11. The molecule has 1 amide bonds. The minimum atomic E-state index is -0.335. The summed E-state index contributed by atoms with van der Waals surface area (Å²) in [5, 5.41) is 0. The van der Waals surface area contributed by atoms with Crippen LogP contribution in [0.4, 0.5) is 4.39 Å². The van der Waals surface area contributed by atoms with Crippen LogP contribution in [0, 0.1) is 5.82 Å². The smallest absolute Gasteiger partial charge is 0.253 e. The number of amides is 1. The van der Waals surface area contributed by atoms with Gasteiger partial charge in [0.1, 0.15) is 18.2 Å². The molecule has 1 fully saturated rings. The molecule has 1 heterocycles. The maximum atomic E-state index is 13.5. The third-order valence-electron chi connectivity index (χ3n) is 5.78. The highest BCUT2D eigenvalue weighted by Gasteiger charge is 2.21. The number of carbonyl (C=O) groups excluding carboxylic acids is 1. The Balaban J connectivity index is 1.42. The molecular formula is C24H26FNO2. The minimum absolute atomic E-state index is 0.0914. The van der Waals surface area contributed by atoms with Crippen LogP contribution in [0.1, 0.15) is 54.7 Å². The predicted molar refractivity (Wildman–Crippen MR) is 109 cm³/mol. The molecule has 4 rings (SSSR count). The molecule has 2 aromatic carbocycles. The Labute approximate surface area is 165 Å². The molecule has 0 unspecified atom stereocenters. The van der Waals surface area contributed by atoms with E-state index < -0.39 is 0 Å². The fourth-order valence-electron chi connectivity index (χ4n) is 4.19. The number of halogens is 1. The summed E-state index contributed by atoms with van der Waals surface area (Å²) in [6.07, 6.45) is 8.31. The van der Waals surface area contributed by atoms with Crippen molar-refractivity contribution in [2.45, 2.75) is 44.6 Å². The summed E-state index contributed by atoms with van der Waals surface area (Å²) >= 11 is 0. The molecule has 0 bridgehead atoms. The van der Waals surface area contributed by atoms with Crippen LogP contribution < -0.4 is 4.74 Å². The van der Waals surface area contributed by atoms with Gasteiger partial charge in [-0.3, -0.25) is 4.79 Å². The van der Waals surface area contributed by atoms with Gasteiger partial charge in [-0.1, -0.05) is 43.5 Å². The predicted octanol–water partition coefficient (Wildman–Crippen LogP) is 5.31. The number of hydrogen-bond donors (Lipinski definition) is 0. The number of rotatable bonds is 4. The Bertz CT molecular complexity index is 882. The van der Waals surface area contributed by atoms with Gasteiger partial charge in [-0.05, 0) is 54.2 Å². The number of hydrogen-bond acceptors (Lipinski definition) is 2. The second-order valence-electron chi connectivity index (χ2n) is 7.88. The van der Waals surface area contributed by atoms with E-state index in [1.54, 1.807) is 24.1 Å². The Kier molecular flexibility index (Phi) is 5.47. The van der Waals surface area contributed by atoms with Crippen molar-refractivity contribution in [3.8, 4) is 5.75 Å². The summed E-state index contributed by atoms with van der Waals surface area (Å²) in [6.45, 7) is 0.750. The van der Waals surface area contributed by atoms with E-state index in [0.717, 1.165) is 5.56 Å². The second-order valence-corrected chi connectivity index (χ2v) is 7.88. The molecule has 2 aliphatic rings. The summed E-state index contributed by atoms with van der Waals surface area (Å²) < 4.78 is 19.1. The fraction of sp³-hybridized carbons (Fsp3) is 0.375. The Morgan fingerprint density at radius 2 is 1.86 bits per heavy atom. The van der Waals surface area contributed by atoms with Gasteiger partial charge in [0.15, 0.2) is 0 Å². The lowest BCUT2D eigenvalue weighted by Crippen LogP contribution is -2.30. The lowest BCUT2D eigenvalue weighted by Gasteiger charge is -2.24. The van der Waals surface area contributed by atoms with E-state index in [0.29, 0.717) is 29.3 Å². The molecule has 146 valence electrons. The van der Waals surface area contributed by atoms with Gasteiger partial charge < -0.3 is 9.64 Å². The van der Waals surface area contributed by atoms with E-state index in [1.807, 2.05) is 0 Å². The van der Waals surface area contributed by atoms with Crippen molar-refractivity contribution < 1.29 is 13.9 Å². The Morgan fingerprint density at radius 1 is 1.11 bits per heavy atom. The maximum Gasteiger partial charge on any atom is 0.253 e. The monoisotopic (exact) mass is 379 g/mol. The van der Waals surface area contributed by atoms with Crippen LogP contribution in [0.3, 0.4) is 0 Å². The summed E-state index contributed by atoms with van der Waals surface area (Å²) in [5.74, 6) is 0.871. The van der Waals surface area contributed by atoms with Crippen molar-refractivity contribution in [1.29, 1.82) is 0 Å². The first-order chi connectivity index (χ1) is 13.6. The summed E-state index contributed by atoms with van der Waals surface area (Å²) in [7, 11) is 1.79. The average Bonchev–Trinajstić information content (AvgIpc) is 2.73. The SMILES string of the molecule is CN(Cc1ccc(C2CCCCC2)cc1)C(=O)C1=Cc2cc(F)ccc2OC1. The average molecular weight is 379 g/mol. The summed E-state index contributed by atoms with van der Waals surface area (Å²) in [6, 6.07) is 13.0. The largest absolute Gasteiger partial charge is 0.488 e. The van der Waals surface area contributed by atoms with Gasteiger partial charge in [0.2, 0.25) is 0 Å². The second kappa shape index (κ2) is 8.17. The molecule has 1 saturated carbocycles. The zero-order valence-corrected chi connectivity index (χ0v) is 16.3. The van der Waals surface area contributed by atoms with Crippen LogP contribution >= 0.6 is 0 Å². The first kappa shape index (κ1) is 18.7. The number of carbonyl (C=O) groups is 1. The molecule has 0 saturated heterocycles. The zero-order chi connectivity index (χ0) is 19.5. The van der Waals surface area contributed by atoms with Crippen molar-refractivity contribution in [3.63, 3.8) is 0 Å². The highest BCUT2D eigenvalue weighted by Crippen LogP contribution is 2.32. The van der Waals surface area contributed by atoms with Crippen molar-refractivity contribution in [2.24, 2.45) is 0 Å². The van der Waals surface area contributed by atoms with Gasteiger partial charge in [-0.15, -0.1) is 0 Å². The van der Waals surface area contributed by atoms with E-state index in [1.165, 1.54) is 49.8 Å². The number of benzene rings is 2. The van der Waals surface area contributed by atoms with Crippen LogP contribution in [0.15, 0.2) is 48.0 Å². The maximum absolute atomic E-state index is 13.5. The standard InChI is InChI=1S/C24H26FNO2/c1-26(15-17-7-9-19(10-8-17)18-5-3-2-4-6-18)24(27)21-13-20-14-22(25)11-12-23(20)28-16-21/h7-14,18H,2-6,15-16H2,1H3. The first-order valence-electron chi connectivity index (χ1n) is 10.1. The third-order valence-corrected chi connectivity index (χ3v) is 5.78. The van der Waals surface area contributed by atoms with Crippen LogP contribution in [0.5, 0.6) is 5.75 Å². The molecule has 1 aliphatic heterocycles. The van der Waals surface area contributed by atoms with Crippen molar-refractivity contribution >= 4 is 12.0 Å². The number of fused-ring (bicyclic) bond motifs is 1. The van der Waals surface area contributed by atoms with Crippen LogP contribution in [0.2, 0.25) is 0 Å². The number of nitrogens with zero attached hydrogens (tertiary/aromatic N) is 1. The minimum Gasteiger partial charge on any atom is -0.488 e. The van der Waals surface area contributed by atoms with E-state index in [-0.39, 0.29) is 18.3 Å². The number of likely N-dealkylation sites (N-methyl/N-ethyl adjacent to an activating group) is 1. The Morgan fingerprint density at radius 3 is 2.61 bits per heavy atom. The first-order valence-corrected chi connectivity index (χ1v) is 10.1. The van der Waals surface area contributed by atoms with E-state index in [4.69, 9.17) is 4.74 Å². The van der Waals surface area contributed by atoms with Gasteiger partial charge in [0.25, 0.3) is 5.91 Å². The molecule has 0 N–H and O–H groups in total. The quantitative estimate of drug-likeness (QED) is 0.721. The lowest BCUT2D eigenvalue weighted by molar-refractivity contribution is -0.126. The number of ether oxygens (including phenoxy) is 1. The van der Waals surface area contributed by atoms with Crippen LogP contribution in [-0.2, 0) is 11.3 Å². The van der Waals surface area contributed by atoms with Gasteiger partial charge >= 0.3 is 0 Å². The van der Waals surface area contributed by atoms with E-state index >= 15 is 0 Å². The normalized spacial score (nSPS) is 16.7. The molecule has 3 nitrogen and oxygen atoms in total. The van der Waals surface area contributed by atoms with Gasteiger partial charge in [0, 0.05) is 19.2 Å². The molecule has 0 spiro atoms. The molecule has 0 radical (unpaired) electrons. The molecule has 4 heteroatoms. The highest BCUT2D eigenvalue weighted by atomic mass is 19.1. The topological polar surface area (TPSA) is 29.5 Å². The van der Waals surface area contributed by atoms with Gasteiger partial charge in [-0.25, -0.2) is 4.39 Å². The van der Waals surface area contributed by atoms with Crippen molar-refractivity contribution in [3.05, 3.63) is 70.5 Å². The molecule has 2 aromatic rings. The van der Waals surface area contributed by atoms with E-state index in [2.05, 4.69) is 24.3 Å². The summed E-state index contributed by atoms with van der Waals surface area (Å²) in [4.78, 5) is 14.5. The zero-order valence-electron chi connectivity index (χ0n) is 16.3. The summed E-state index contributed by atoms with van der Waals surface area (Å²) in [5.41, 5.74) is 3.68. The van der Waals surface area contributed by atoms with Gasteiger partial charge in [-0.2, -0.15) is 0 Å². The fourth-order valence-corrected chi connectivity index (χ4v) is 4.19. The van der Waals surface area contributed by atoms with Crippen LogP contribution in [-0.4, -0.2) is 24.5 Å². The van der Waals surface area contributed by atoms with Crippen LogP contribution in [0.25, 0.3) is 6.08 Å². The van der Waals surface area contributed by atoms with Gasteiger partial charge in [0.05, 0.1) is 5.57 Å². The molecule has 1 aliphatic carbocycles.